The van der Waals surface area contributed by atoms with Crippen LogP contribution in [0.5, 0.6) is 0 Å². The molecular weight excluding hydrogens is 376 g/mol. The molecule has 1 saturated carbocycles. The fraction of sp³-hybridized carbons (Fsp3) is 0.500. The molecule has 2 heterocycles. The second-order valence-corrected chi connectivity index (χ2v) is 9.14. The zero-order valence-electron chi connectivity index (χ0n) is 17.4. The summed E-state index contributed by atoms with van der Waals surface area (Å²) in [4.78, 5) is 7.03. The Hall–Kier alpha value is -2.14. The van der Waals surface area contributed by atoms with Crippen molar-refractivity contribution in [3.63, 3.8) is 0 Å². The molecular formula is C24H32N4S. The molecule has 1 aromatic heterocycles. The summed E-state index contributed by atoms with van der Waals surface area (Å²) in [5.41, 5.74) is 2.56. The van der Waals surface area contributed by atoms with Crippen molar-refractivity contribution >= 4 is 28.8 Å². The predicted molar refractivity (Wildman–Crippen MR) is 126 cm³/mol. The van der Waals surface area contributed by atoms with Crippen molar-refractivity contribution in [3.8, 4) is 0 Å². The minimum Gasteiger partial charge on any atom is -0.362 e. The molecule has 2 aromatic rings. The van der Waals surface area contributed by atoms with Crippen molar-refractivity contribution in [3.05, 3.63) is 54.2 Å². The lowest BCUT2D eigenvalue weighted by Crippen LogP contribution is -2.40. The zero-order chi connectivity index (χ0) is 20.1. The molecule has 1 saturated heterocycles. The lowest BCUT2D eigenvalue weighted by molar-refractivity contribution is 0.435. The second kappa shape index (κ2) is 9.12. The summed E-state index contributed by atoms with van der Waals surface area (Å²) in [6.07, 6.45) is 9.41. The summed E-state index contributed by atoms with van der Waals surface area (Å²) in [5, 5.41) is 7.46. The SMILES string of the molecule is CC1CCN(c2ccc(NC(=S)NCC3(c4ccccc4)CCCC3)cn2)CC1. The monoisotopic (exact) mass is 408 g/mol. The van der Waals surface area contributed by atoms with E-state index in [2.05, 4.69) is 69.9 Å². The number of thiocarbonyl (C=S) groups is 1. The number of aromatic nitrogens is 1. The smallest absolute Gasteiger partial charge is 0.170 e. The Morgan fingerprint density at radius 1 is 1.10 bits per heavy atom. The van der Waals surface area contributed by atoms with Gasteiger partial charge in [-0.05, 0) is 61.5 Å². The standard InChI is InChI=1S/C24H32N4S/c1-19-11-15-28(16-12-19)22-10-9-21(17-25-22)27-23(29)26-18-24(13-5-6-14-24)20-7-3-2-4-8-20/h2-4,7-10,17,19H,5-6,11-16,18H2,1H3,(H2,26,27,29). The van der Waals surface area contributed by atoms with E-state index in [1.54, 1.807) is 0 Å². The van der Waals surface area contributed by atoms with Gasteiger partial charge in [0.15, 0.2) is 5.11 Å². The maximum atomic E-state index is 5.58. The van der Waals surface area contributed by atoms with E-state index in [-0.39, 0.29) is 5.41 Å². The Bertz CT molecular complexity index is 791. The molecule has 4 rings (SSSR count). The van der Waals surface area contributed by atoms with E-state index in [1.165, 1.54) is 44.1 Å². The number of piperidine rings is 1. The van der Waals surface area contributed by atoms with Gasteiger partial charge in [0.05, 0.1) is 11.9 Å². The Labute approximate surface area is 180 Å². The van der Waals surface area contributed by atoms with Crippen LogP contribution >= 0.6 is 12.2 Å². The van der Waals surface area contributed by atoms with Crippen molar-refractivity contribution < 1.29 is 0 Å². The molecule has 0 bridgehead atoms. The summed E-state index contributed by atoms with van der Waals surface area (Å²) < 4.78 is 0. The van der Waals surface area contributed by atoms with Crippen LogP contribution in [0.15, 0.2) is 48.7 Å². The molecule has 0 radical (unpaired) electrons. The number of hydrogen-bond donors (Lipinski definition) is 2. The van der Waals surface area contributed by atoms with E-state index in [1.807, 2.05) is 6.20 Å². The minimum absolute atomic E-state index is 0.195. The highest BCUT2D eigenvalue weighted by molar-refractivity contribution is 7.80. The van der Waals surface area contributed by atoms with Crippen molar-refractivity contribution in [2.45, 2.75) is 50.9 Å². The average molecular weight is 409 g/mol. The number of nitrogens with one attached hydrogen (secondary N) is 2. The van der Waals surface area contributed by atoms with Crippen LogP contribution in [0.4, 0.5) is 11.5 Å². The number of anilines is 2. The first-order valence-corrected chi connectivity index (χ1v) is 11.4. The van der Waals surface area contributed by atoms with Crippen molar-refractivity contribution in [2.75, 3.05) is 29.9 Å². The van der Waals surface area contributed by atoms with E-state index in [9.17, 15) is 0 Å². The Morgan fingerprint density at radius 3 is 2.48 bits per heavy atom. The topological polar surface area (TPSA) is 40.2 Å². The Kier molecular flexibility index (Phi) is 6.34. The van der Waals surface area contributed by atoms with Gasteiger partial charge < -0.3 is 15.5 Å². The summed E-state index contributed by atoms with van der Waals surface area (Å²) >= 11 is 5.58. The largest absolute Gasteiger partial charge is 0.362 e. The van der Waals surface area contributed by atoms with Crippen molar-refractivity contribution in [2.24, 2.45) is 5.92 Å². The molecule has 1 aliphatic heterocycles. The molecule has 5 heteroatoms. The van der Waals surface area contributed by atoms with E-state index >= 15 is 0 Å². The summed E-state index contributed by atoms with van der Waals surface area (Å²) in [7, 11) is 0. The van der Waals surface area contributed by atoms with Crippen LogP contribution < -0.4 is 15.5 Å². The molecule has 0 spiro atoms. The third kappa shape index (κ3) is 4.89. The van der Waals surface area contributed by atoms with E-state index in [4.69, 9.17) is 12.2 Å². The van der Waals surface area contributed by atoms with Gasteiger partial charge in [-0.15, -0.1) is 0 Å². The highest BCUT2D eigenvalue weighted by Crippen LogP contribution is 2.40. The van der Waals surface area contributed by atoms with Crippen LogP contribution in [-0.2, 0) is 5.41 Å². The molecule has 0 amide bonds. The summed E-state index contributed by atoms with van der Waals surface area (Å²) in [5.74, 6) is 1.89. The van der Waals surface area contributed by atoms with Crippen LogP contribution in [0, 0.1) is 5.92 Å². The molecule has 1 aromatic carbocycles. The van der Waals surface area contributed by atoms with Gasteiger partial charge in [0.2, 0.25) is 0 Å². The molecule has 154 valence electrons. The highest BCUT2D eigenvalue weighted by Gasteiger charge is 2.35. The van der Waals surface area contributed by atoms with E-state index in [0.29, 0.717) is 5.11 Å². The minimum atomic E-state index is 0.195. The molecule has 2 fully saturated rings. The number of hydrogen-bond acceptors (Lipinski definition) is 3. The predicted octanol–water partition coefficient (Wildman–Crippen LogP) is 5.12. The van der Waals surface area contributed by atoms with Gasteiger partial charge in [0.1, 0.15) is 5.82 Å². The first-order chi connectivity index (χ1) is 14.1. The quantitative estimate of drug-likeness (QED) is 0.672. The van der Waals surface area contributed by atoms with Crippen molar-refractivity contribution in [1.29, 1.82) is 0 Å². The maximum Gasteiger partial charge on any atom is 0.170 e. The lowest BCUT2D eigenvalue weighted by atomic mass is 9.79. The third-order valence-corrected chi connectivity index (χ3v) is 6.89. The summed E-state index contributed by atoms with van der Waals surface area (Å²) in [6, 6.07) is 15.1. The first-order valence-electron chi connectivity index (χ1n) is 11.0. The number of benzene rings is 1. The van der Waals surface area contributed by atoms with Gasteiger partial charge in [-0.3, -0.25) is 0 Å². The molecule has 2 aliphatic rings. The molecule has 0 unspecified atom stereocenters. The Balaban J connectivity index is 1.32. The molecule has 4 nitrogen and oxygen atoms in total. The zero-order valence-corrected chi connectivity index (χ0v) is 18.2. The molecule has 0 atom stereocenters. The third-order valence-electron chi connectivity index (χ3n) is 6.65. The number of rotatable bonds is 5. The molecule has 2 N–H and O–H groups in total. The Morgan fingerprint density at radius 2 is 1.83 bits per heavy atom. The fourth-order valence-electron chi connectivity index (χ4n) is 4.72. The number of nitrogens with zero attached hydrogens (tertiary/aromatic N) is 2. The summed E-state index contributed by atoms with van der Waals surface area (Å²) in [6.45, 7) is 5.41. The van der Waals surface area contributed by atoms with Gasteiger partial charge >= 0.3 is 0 Å². The van der Waals surface area contributed by atoms with E-state index in [0.717, 1.165) is 37.1 Å². The lowest BCUT2D eigenvalue weighted by Gasteiger charge is -2.31. The van der Waals surface area contributed by atoms with Gasteiger partial charge in [-0.25, -0.2) is 4.98 Å². The van der Waals surface area contributed by atoms with Gasteiger partial charge in [-0.2, -0.15) is 0 Å². The number of pyridine rings is 1. The van der Waals surface area contributed by atoms with Crippen LogP contribution in [0.1, 0.15) is 51.0 Å². The van der Waals surface area contributed by atoms with Crippen LogP contribution in [0.2, 0.25) is 0 Å². The van der Waals surface area contributed by atoms with Crippen LogP contribution in [0.3, 0.4) is 0 Å². The fourth-order valence-corrected chi connectivity index (χ4v) is 4.91. The maximum absolute atomic E-state index is 5.58. The molecule has 1 aliphatic carbocycles. The first kappa shape index (κ1) is 20.1. The van der Waals surface area contributed by atoms with E-state index < -0.39 is 0 Å². The normalized spacial score (nSPS) is 19.1. The van der Waals surface area contributed by atoms with Crippen molar-refractivity contribution in [1.82, 2.24) is 10.3 Å². The average Bonchev–Trinajstić information content (AvgIpc) is 3.24. The van der Waals surface area contributed by atoms with Gasteiger partial charge in [0.25, 0.3) is 0 Å². The van der Waals surface area contributed by atoms with Gasteiger partial charge in [0, 0.05) is 25.0 Å². The van der Waals surface area contributed by atoms with Crippen LogP contribution in [-0.4, -0.2) is 29.7 Å². The van der Waals surface area contributed by atoms with Gasteiger partial charge in [-0.1, -0.05) is 50.1 Å². The highest BCUT2D eigenvalue weighted by atomic mass is 32.1. The molecule has 29 heavy (non-hydrogen) atoms. The second-order valence-electron chi connectivity index (χ2n) is 8.74. The van der Waals surface area contributed by atoms with Crippen LogP contribution in [0.25, 0.3) is 0 Å².